The lowest BCUT2D eigenvalue weighted by Crippen LogP contribution is -2.60. The van der Waals surface area contributed by atoms with E-state index in [0.717, 1.165) is 37.9 Å². The lowest BCUT2D eigenvalue weighted by Gasteiger charge is -2.43. The molecule has 1 atom stereocenters. The van der Waals surface area contributed by atoms with Crippen LogP contribution in [0.2, 0.25) is 0 Å². The number of fused-ring (bicyclic) bond motifs is 1. The number of nitrogens with one attached hydrogen (secondary N) is 2. The average Bonchev–Trinajstić information content (AvgIpc) is 3.35. The molecule has 1 saturated heterocycles. The van der Waals surface area contributed by atoms with Crippen molar-refractivity contribution in [2.24, 2.45) is 16.3 Å². The van der Waals surface area contributed by atoms with Crippen LogP contribution in [0.25, 0.3) is 10.9 Å². The summed E-state index contributed by atoms with van der Waals surface area (Å²) in [5, 5.41) is 15.3. The summed E-state index contributed by atoms with van der Waals surface area (Å²) in [7, 11) is 0. The van der Waals surface area contributed by atoms with Crippen molar-refractivity contribution in [1.29, 1.82) is 0 Å². The number of quaternary nitrogens is 1. The minimum atomic E-state index is -0.698. The number of Topliss-reactive ketones (excluding diaryl/α,β-unsaturated/α-hetero) is 1. The molecule has 0 saturated carbocycles. The number of hydrogen-bond donors (Lipinski definition) is 3. The maximum Gasteiger partial charge on any atom is 0.377 e. The number of nitrogens with zero attached hydrogens (tertiary/aromatic N) is 3. The number of nitrogens with two attached hydrogens (primary N) is 1. The van der Waals surface area contributed by atoms with Gasteiger partial charge >= 0.3 is 5.91 Å². The maximum absolute atomic E-state index is 14.1. The Bertz CT molecular complexity index is 1260. The summed E-state index contributed by atoms with van der Waals surface area (Å²) in [6.45, 7) is 7.57. The van der Waals surface area contributed by atoms with Crippen molar-refractivity contribution in [2.75, 3.05) is 13.1 Å². The van der Waals surface area contributed by atoms with Crippen LogP contribution in [0.3, 0.4) is 0 Å². The predicted octanol–water partition coefficient (Wildman–Crippen LogP) is 2.40. The van der Waals surface area contributed by atoms with Gasteiger partial charge in [-0.1, -0.05) is 9.69 Å². The monoisotopic (exact) mass is 449 g/mol. The number of ketones is 1. The van der Waals surface area contributed by atoms with Gasteiger partial charge in [-0.15, -0.1) is 0 Å². The van der Waals surface area contributed by atoms with Gasteiger partial charge in [-0.25, -0.2) is 4.79 Å². The highest BCUT2D eigenvalue weighted by molar-refractivity contribution is 6.08. The first-order valence-electron chi connectivity index (χ1n) is 11.3. The Morgan fingerprint density at radius 3 is 2.55 bits per heavy atom. The fourth-order valence-corrected chi connectivity index (χ4v) is 5.66. The van der Waals surface area contributed by atoms with Crippen LogP contribution in [0.5, 0.6) is 0 Å². The normalized spacial score (nSPS) is 24.5. The largest absolute Gasteiger partial charge is 0.377 e. The Hall–Kier alpha value is -3.17. The van der Waals surface area contributed by atoms with Crippen molar-refractivity contribution in [2.45, 2.75) is 52.0 Å². The lowest BCUT2D eigenvalue weighted by molar-refractivity contribution is -0.860. The minimum absolute atomic E-state index is 0.00105. The molecule has 3 aliphatic rings. The highest BCUT2D eigenvalue weighted by atomic mass is 16.2. The van der Waals surface area contributed by atoms with Crippen molar-refractivity contribution >= 4 is 34.7 Å². The standard InChI is InChI=1S/C24H28N6O3/c1-23(2,3)30(22(33)14-4-5-17-16(10-14)19(21(25)32)29-28-17)20-15(13-27-30)11-24(12-18(20)31)6-8-26-9-7-24/h4-5,10,13,26H,6-9,11-12H2,1-3H3,(H2-,25,28,29,32,33)/p+1. The number of aromatic amines is 1. The molecular formula is C24H29N6O3+. The summed E-state index contributed by atoms with van der Waals surface area (Å²) in [5.74, 6) is -0.984. The number of aromatic nitrogens is 2. The molecule has 0 bridgehead atoms. The molecule has 1 fully saturated rings. The molecule has 1 unspecified atom stereocenters. The van der Waals surface area contributed by atoms with E-state index in [-0.39, 0.29) is 22.8 Å². The summed E-state index contributed by atoms with van der Waals surface area (Å²) in [5.41, 5.74) is 7.09. The van der Waals surface area contributed by atoms with Gasteiger partial charge in [-0.3, -0.25) is 14.7 Å². The SMILES string of the molecule is CC(C)(C)[N+]1(C(=O)c2ccc3[nH]nc(C(N)=O)c3c2)N=CC2=C1C(=O)CC1(CCNCC1)C2. The van der Waals surface area contributed by atoms with Crippen LogP contribution in [0, 0.1) is 5.41 Å². The smallest absolute Gasteiger partial charge is 0.364 e. The molecule has 172 valence electrons. The maximum atomic E-state index is 14.1. The van der Waals surface area contributed by atoms with E-state index in [1.165, 1.54) is 0 Å². The summed E-state index contributed by atoms with van der Waals surface area (Å²) in [4.78, 5) is 39.6. The summed E-state index contributed by atoms with van der Waals surface area (Å²) in [6.07, 6.45) is 4.83. The van der Waals surface area contributed by atoms with Crippen molar-refractivity contribution in [1.82, 2.24) is 15.5 Å². The number of amides is 2. The Balaban J connectivity index is 1.63. The molecule has 1 spiro atoms. The molecule has 2 amide bonds. The molecule has 33 heavy (non-hydrogen) atoms. The summed E-state index contributed by atoms with van der Waals surface area (Å²) in [6, 6.07) is 4.99. The number of allylic oxidation sites excluding steroid dienone is 2. The van der Waals surface area contributed by atoms with Crippen molar-refractivity contribution in [3.05, 3.63) is 40.7 Å². The molecular weight excluding hydrogens is 420 g/mol. The molecule has 0 radical (unpaired) electrons. The number of rotatable bonds is 2. The Labute approximate surface area is 191 Å². The number of primary amides is 1. The van der Waals surface area contributed by atoms with Gasteiger partial charge in [0.15, 0.2) is 5.69 Å². The molecule has 1 aliphatic carbocycles. The van der Waals surface area contributed by atoms with Gasteiger partial charge in [0, 0.05) is 17.4 Å². The van der Waals surface area contributed by atoms with Crippen LogP contribution < -0.4 is 11.1 Å². The highest BCUT2D eigenvalue weighted by Crippen LogP contribution is 2.50. The number of carbonyl (C=O) groups excluding carboxylic acids is 3. The van der Waals surface area contributed by atoms with Gasteiger partial charge in [0.05, 0.1) is 17.3 Å². The Morgan fingerprint density at radius 2 is 1.88 bits per heavy atom. The van der Waals surface area contributed by atoms with Gasteiger partial charge in [-0.2, -0.15) is 5.10 Å². The molecule has 4 N–H and O–H groups in total. The Kier molecular flexibility index (Phi) is 4.70. The van der Waals surface area contributed by atoms with Gasteiger partial charge < -0.3 is 11.1 Å². The van der Waals surface area contributed by atoms with Crippen LogP contribution in [0.1, 0.15) is 67.3 Å². The third-order valence-electron chi connectivity index (χ3n) is 7.35. The first-order chi connectivity index (χ1) is 15.6. The van der Waals surface area contributed by atoms with E-state index in [1.54, 1.807) is 24.4 Å². The van der Waals surface area contributed by atoms with Gasteiger partial charge in [-0.05, 0) is 76.7 Å². The van der Waals surface area contributed by atoms with Crippen molar-refractivity contribution in [3.63, 3.8) is 0 Å². The third kappa shape index (κ3) is 3.10. The lowest BCUT2D eigenvalue weighted by atomic mass is 9.67. The first-order valence-corrected chi connectivity index (χ1v) is 11.3. The van der Waals surface area contributed by atoms with Crippen molar-refractivity contribution < 1.29 is 19.0 Å². The number of benzene rings is 1. The van der Waals surface area contributed by atoms with E-state index in [1.807, 2.05) is 20.8 Å². The third-order valence-corrected chi connectivity index (χ3v) is 7.35. The van der Waals surface area contributed by atoms with Gasteiger partial charge in [0.25, 0.3) is 5.91 Å². The molecule has 5 rings (SSSR count). The van der Waals surface area contributed by atoms with E-state index in [9.17, 15) is 14.4 Å². The number of H-pyrrole nitrogens is 1. The average molecular weight is 450 g/mol. The molecule has 3 heterocycles. The first kappa shape index (κ1) is 21.7. The second-order valence-electron chi connectivity index (χ2n) is 10.5. The fraction of sp³-hybridized carbons (Fsp3) is 0.458. The van der Waals surface area contributed by atoms with Crippen LogP contribution in [-0.2, 0) is 4.79 Å². The summed E-state index contributed by atoms with van der Waals surface area (Å²) >= 11 is 0. The van der Waals surface area contributed by atoms with Crippen LogP contribution in [0.15, 0.2) is 34.6 Å². The summed E-state index contributed by atoms with van der Waals surface area (Å²) < 4.78 is -0.412. The zero-order valence-corrected chi connectivity index (χ0v) is 19.2. The number of piperidine rings is 1. The molecule has 2 aliphatic heterocycles. The van der Waals surface area contributed by atoms with E-state index in [2.05, 4.69) is 15.5 Å². The van der Waals surface area contributed by atoms with Gasteiger partial charge in [0.2, 0.25) is 11.5 Å². The van der Waals surface area contributed by atoms with Crippen molar-refractivity contribution in [3.8, 4) is 0 Å². The predicted molar refractivity (Wildman–Crippen MR) is 123 cm³/mol. The number of hydrogen-bond acceptors (Lipinski definition) is 6. The van der Waals surface area contributed by atoms with Crippen LogP contribution in [-0.4, -0.2) is 57.2 Å². The Morgan fingerprint density at radius 1 is 1.15 bits per heavy atom. The quantitative estimate of drug-likeness (QED) is 0.606. The van der Waals surface area contributed by atoms with E-state index in [4.69, 9.17) is 10.8 Å². The van der Waals surface area contributed by atoms with E-state index >= 15 is 0 Å². The molecule has 9 heteroatoms. The highest BCUT2D eigenvalue weighted by Gasteiger charge is 2.60. The second-order valence-corrected chi connectivity index (χ2v) is 10.5. The number of carbonyl (C=O) groups is 3. The van der Waals surface area contributed by atoms with E-state index < -0.39 is 16.0 Å². The zero-order chi connectivity index (χ0) is 23.6. The van der Waals surface area contributed by atoms with Crippen LogP contribution >= 0.6 is 0 Å². The van der Waals surface area contributed by atoms with E-state index in [0.29, 0.717) is 28.6 Å². The minimum Gasteiger partial charge on any atom is -0.364 e. The fourth-order valence-electron chi connectivity index (χ4n) is 5.66. The second kappa shape index (κ2) is 7.16. The molecule has 2 aromatic rings. The molecule has 1 aromatic heterocycles. The topological polar surface area (TPSA) is 130 Å². The zero-order valence-electron chi connectivity index (χ0n) is 19.2. The van der Waals surface area contributed by atoms with Crippen LogP contribution in [0.4, 0.5) is 0 Å². The van der Waals surface area contributed by atoms with Gasteiger partial charge in [0.1, 0.15) is 5.54 Å². The molecule has 9 nitrogen and oxygen atoms in total. The molecule has 1 aromatic carbocycles.